The third kappa shape index (κ3) is 1.60. The lowest BCUT2D eigenvalue weighted by Gasteiger charge is -2.05. The van der Waals surface area contributed by atoms with Crippen LogP contribution in [0.5, 0.6) is 0 Å². The zero-order valence-corrected chi connectivity index (χ0v) is 9.25. The Morgan fingerprint density at radius 2 is 2.24 bits per heavy atom. The second-order valence-corrected chi connectivity index (χ2v) is 4.12. The van der Waals surface area contributed by atoms with Crippen LogP contribution in [0.2, 0.25) is 0 Å². The van der Waals surface area contributed by atoms with Crippen LogP contribution in [0, 0.1) is 0 Å². The fourth-order valence-electron chi connectivity index (χ4n) is 1.95. The van der Waals surface area contributed by atoms with E-state index < -0.39 is 11.2 Å². The maximum Gasteiger partial charge on any atom is 0.334 e. The average Bonchev–Trinajstić information content (AvgIpc) is 2.74. The predicted molar refractivity (Wildman–Crippen MR) is 59.9 cm³/mol. The minimum absolute atomic E-state index is 0.405. The van der Waals surface area contributed by atoms with Crippen LogP contribution >= 0.6 is 0 Å². The molecule has 0 aliphatic carbocycles. The Hall–Kier alpha value is -2.15. The summed E-state index contributed by atoms with van der Waals surface area (Å²) >= 11 is 0. The first-order valence-electron chi connectivity index (χ1n) is 5.20. The van der Waals surface area contributed by atoms with E-state index in [4.69, 9.17) is 0 Å². The summed E-state index contributed by atoms with van der Waals surface area (Å²) in [4.78, 5) is 31.2. The minimum atomic E-state index is -0.470. The second-order valence-electron chi connectivity index (χ2n) is 4.12. The van der Waals surface area contributed by atoms with Crippen molar-refractivity contribution in [1.82, 2.24) is 24.0 Å². The summed E-state index contributed by atoms with van der Waals surface area (Å²) in [6, 6.07) is 1.30. The topological polar surface area (TPSA) is 75.9 Å². The summed E-state index contributed by atoms with van der Waals surface area (Å²) in [5, 5.41) is 0. The van der Waals surface area contributed by atoms with Crippen LogP contribution in [-0.2, 0) is 13.2 Å². The standard InChI is InChI=1S/C10H11N5O2/c1-13-4-7-11-8(5-14(7)6-13)15-3-2-9(16)12-10(15)17/h2-3,5H,4,6H2,1H3,(H,12,16,17). The van der Waals surface area contributed by atoms with E-state index in [1.165, 1.54) is 16.8 Å². The molecular weight excluding hydrogens is 222 g/mol. The van der Waals surface area contributed by atoms with Crippen molar-refractivity contribution >= 4 is 0 Å². The van der Waals surface area contributed by atoms with Crippen LogP contribution in [0.4, 0.5) is 0 Å². The number of hydrogen-bond donors (Lipinski definition) is 1. The molecule has 7 heteroatoms. The van der Waals surface area contributed by atoms with Gasteiger partial charge in [-0.2, -0.15) is 0 Å². The van der Waals surface area contributed by atoms with Gasteiger partial charge >= 0.3 is 5.69 Å². The van der Waals surface area contributed by atoms with Crippen molar-refractivity contribution in [2.75, 3.05) is 7.05 Å². The van der Waals surface area contributed by atoms with Crippen LogP contribution in [0.3, 0.4) is 0 Å². The first-order chi connectivity index (χ1) is 8.13. The Bertz CT molecular complexity index is 657. The molecule has 1 aliphatic heterocycles. The number of rotatable bonds is 1. The van der Waals surface area contributed by atoms with E-state index >= 15 is 0 Å². The molecule has 1 aliphatic rings. The van der Waals surface area contributed by atoms with Gasteiger partial charge in [-0.05, 0) is 7.05 Å². The summed E-state index contributed by atoms with van der Waals surface area (Å²) in [6.07, 6.45) is 3.24. The number of imidazole rings is 1. The van der Waals surface area contributed by atoms with Crippen LogP contribution in [0.25, 0.3) is 5.82 Å². The number of H-pyrrole nitrogens is 1. The van der Waals surface area contributed by atoms with Crippen LogP contribution in [0.1, 0.15) is 5.82 Å². The number of nitrogens with zero attached hydrogens (tertiary/aromatic N) is 4. The molecule has 0 bridgehead atoms. The van der Waals surface area contributed by atoms with Gasteiger partial charge in [0, 0.05) is 12.3 Å². The quantitative estimate of drug-likeness (QED) is 0.694. The third-order valence-corrected chi connectivity index (χ3v) is 2.72. The van der Waals surface area contributed by atoms with Crippen molar-refractivity contribution in [1.29, 1.82) is 0 Å². The van der Waals surface area contributed by atoms with Crippen molar-refractivity contribution in [2.24, 2.45) is 0 Å². The van der Waals surface area contributed by atoms with E-state index in [2.05, 4.69) is 14.9 Å². The molecule has 0 saturated carbocycles. The molecule has 0 atom stereocenters. The average molecular weight is 233 g/mol. The highest BCUT2D eigenvalue weighted by Crippen LogP contribution is 2.15. The highest BCUT2D eigenvalue weighted by atomic mass is 16.2. The monoisotopic (exact) mass is 233 g/mol. The molecule has 0 radical (unpaired) electrons. The third-order valence-electron chi connectivity index (χ3n) is 2.72. The van der Waals surface area contributed by atoms with Gasteiger partial charge < -0.3 is 4.57 Å². The van der Waals surface area contributed by atoms with Gasteiger partial charge in [-0.15, -0.1) is 0 Å². The molecule has 0 fully saturated rings. The summed E-state index contributed by atoms with van der Waals surface area (Å²) in [7, 11) is 2.00. The summed E-state index contributed by atoms with van der Waals surface area (Å²) < 4.78 is 3.31. The lowest BCUT2D eigenvalue weighted by atomic mass is 10.6. The first-order valence-corrected chi connectivity index (χ1v) is 5.20. The minimum Gasteiger partial charge on any atom is -0.318 e. The van der Waals surface area contributed by atoms with E-state index in [1.54, 1.807) is 6.20 Å². The van der Waals surface area contributed by atoms with Crippen molar-refractivity contribution in [2.45, 2.75) is 13.2 Å². The SMILES string of the molecule is CN1Cc2nc(-n3ccc(=O)[nH]c3=O)cn2C1. The molecule has 7 nitrogen and oxygen atoms in total. The second kappa shape index (κ2) is 3.42. The van der Waals surface area contributed by atoms with Crippen LogP contribution in [0.15, 0.2) is 28.0 Å². The predicted octanol–water partition coefficient (Wildman–Crippen LogP) is -0.875. The van der Waals surface area contributed by atoms with Gasteiger partial charge in [0.05, 0.1) is 19.4 Å². The highest BCUT2D eigenvalue weighted by molar-refractivity contribution is 5.22. The molecule has 1 N–H and O–H groups in total. The molecule has 2 aromatic rings. The highest BCUT2D eigenvalue weighted by Gasteiger charge is 2.18. The van der Waals surface area contributed by atoms with Gasteiger partial charge in [-0.25, -0.2) is 9.78 Å². The zero-order chi connectivity index (χ0) is 12.0. The maximum absolute atomic E-state index is 11.6. The molecule has 0 saturated heterocycles. The van der Waals surface area contributed by atoms with Gasteiger partial charge in [0.1, 0.15) is 5.82 Å². The normalized spacial score (nSPS) is 15.1. The summed E-state index contributed by atoms with van der Waals surface area (Å²) in [5.41, 5.74) is -0.875. The number of aromatic nitrogens is 4. The molecule has 17 heavy (non-hydrogen) atoms. The van der Waals surface area contributed by atoms with Gasteiger partial charge in [-0.3, -0.25) is 19.2 Å². The Morgan fingerprint density at radius 1 is 1.41 bits per heavy atom. The summed E-state index contributed by atoms with van der Waals surface area (Å²) in [5.74, 6) is 1.45. The molecule has 0 aromatic carbocycles. The van der Waals surface area contributed by atoms with E-state index in [1.807, 2.05) is 11.6 Å². The number of hydrogen-bond acceptors (Lipinski definition) is 4. The first kappa shape index (κ1) is 10.0. The molecule has 0 spiro atoms. The van der Waals surface area contributed by atoms with Crippen molar-refractivity contribution in [3.8, 4) is 5.82 Å². The Kier molecular flexibility index (Phi) is 2.02. The van der Waals surface area contributed by atoms with E-state index in [0.29, 0.717) is 5.82 Å². The van der Waals surface area contributed by atoms with Gasteiger partial charge in [0.2, 0.25) is 0 Å². The van der Waals surface area contributed by atoms with E-state index in [-0.39, 0.29) is 0 Å². The fourth-order valence-corrected chi connectivity index (χ4v) is 1.95. The molecule has 2 aromatic heterocycles. The number of aromatic amines is 1. The molecule has 3 rings (SSSR count). The van der Waals surface area contributed by atoms with Crippen molar-refractivity contribution in [3.63, 3.8) is 0 Å². The van der Waals surface area contributed by atoms with Gasteiger partial charge in [-0.1, -0.05) is 0 Å². The Labute approximate surface area is 95.9 Å². The zero-order valence-electron chi connectivity index (χ0n) is 9.25. The maximum atomic E-state index is 11.6. The molecule has 0 unspecified atom stereocenters. The molecule has 0 amide bonds. The van der Waals surface area contributed by atoms with Crippen molar-refractivity contribution in [3.05, 3.63) is 45.1 Å². The fraction of sp³-hybridized carbons (Fsp3) is 0.300. The molecule has 3 heterocycles. The van der Waals surface area contributed by atoms with Crippen LogP contribution in [-0.4, -0.2) is 31.0 Å². The Balaban J connectivity index is 2.09. The molecule has 88 valence electrons. The molecular formula is C10H11N5O2. The van der Waals surface area contributed by atoms with Gasteiger partial charge in [0.25, 0.3) is 5.56 Å². The van der Waals surface area contributed by atoms with E-state index in [0.717, 1.165) is 19.0 Å². The number of fused-ring (bicyclic) bond motifs is 1. The van der Waals surface area contributed by atoms with Crippen molar-refractivity contribution < 1.29 is 0 Å². The van der Waals surface area contributed by atoms with E-state index in [9.17, 15) is 9.59 Å². The lowest BCUT2D eigenvalue weighted by Crippen LogP contribution is -2.27. The largest absolute Gasteiger partial charge is 0.334 e. The number of nitrogens with one attached hydrogen (secondary N) is 1. The Morgan fingerprint density at radius 3 is 2.94 bits per heavy atom. The van der Waals surface area contributed by atoms with Gasteiger partial charge in [0.15, 0.2) is 5.82 Å². The lowest BCUT2D eigenvalue weighted by molar-refractivity contribution is 0.317. The summed E-state index contributed by atoms with van der Waals surface area (Å²) in [6.45, 7) is 1.53. The smallest absolute Gasteiger partial charge is 0.318 e. The van der Waals surface area contributed by atoms with Crippen LogP contribution < -0.4 is 11.2 Å².